The predicted octanol–water partition coefficient (Wildman–Crippen LogP) is 1.35. The van der Waals surface area contributed by atoms with Crippen molar-refractivity contribution >= 4 is 17.7 Å². The van der Waals surface area contributed by atoms with E-state index in [1.807, 2.05) is 0 Å². The number of hydrogen-bond acceptors (Lipinski definition) is 3. The average Bonchev–Trinajstić information content (AvgIpc) is 2.69. The Morgan fingerprint density at radius 1 is 1.60 bits per heavy atom. The van der Waals surface area contributed by atoms with Crippen LogP contribution in [0.4, 0.5) is 0 Å². The van der Waals surface area contributed by atoms with Gasteiger partial charge in [0, 0.05) is 18.2 Å². The first-order valence-electron chi connectivity index (χ1n) is 5.85. The Balaban J connectivity index is 1.74. The average molecular weight is 228 g/mol. The minimum atomic E-state index is 0.0454. The topological polar surface area (TPSA) is 41.1 Å². The Morgan fingerprint density at radius 3 is 2.87 bits per heavy atom. The zero-order chi connectivity index (χ0) is 10.7. The van der Waals surface area contributed by atoms with Crippen molar-refractivity contribution in [3.63, 3.8) is 0 Å². The molecular weight excluding hydrogens is 208 g/mol. The SMILES string of the molecule is CCC1(CNC(=O)C2CSCN2)CCC1. The fourth-order valence-electron chi connectivity index (χ4n) is 2.29. The summed E-state index contributed by atoms with van der Waals surface area (Å²) in [4.78, 5) is 11.8. The molecule has 2 rings (SSSR count). The van der Waals surface area contributed by atoms with E-state index in [9.17, 15) is 4.79 Å². The summed E-state index contributed by atoms with van der Waals surface area (Å²) in [5.74, 6) is 2.03. The molecule has 1 amide bonds. The van der Waals surface area contributed by atoms with Gasteiger partial charge in [0.05, 0.1) is 6.04 Å². The monoisotopic (exact) mass is 228 g/mol. The van der Waals surface area contributed by atoms with E-state index in [1.165, 1.54) is 25.7 Å². The standard InChI is InChI=1S/C11H20N2OS/c1-2-11(4-3-5-11)7-12-10(14)9-6-15-8-13-9/h9,13H,2-8H2,1H3,(H,12,14). The summed E-state index contributed by atoms with van der Waals surface area (Å²) in [5.41, 5.74) is 0.432. The summed E-state index contributed by atoms with van der Waals surface area (Å²) < 4.78 is 0. The van der Waals surface area contributed by atoms with Crippen LogP contribution < -0.4 is 10.6 Å². The van der Waals surface area contributed by atoms with E-state index >= 15 is 0 Å². The van der Waals surface area contributed by atoms with Gasteiger partial charge < -0.3 is 5.32 Å². The molecule has 1 aliphatic carbocycles. The quantitative estimate of drug-likeness (QED) is 0.763. The van der Waals surface area contributed by atoms with Gasteiger partial charge in [-0.1, -0.05) is 13.3 Å². The maximum absolute atomic E-state index is 11.8. The van der Waals surface area contributed by atoms with E-state index in [2.05, 4.69) is 17.6 Å². The zero-order valence-corrected chi connectivity index (χ0v) is 10.2. The molecule has 86 valence electrons. The molecule has 2 aliphatic rings. The van der Waals surface area contributed by atoms with Gasteiger partial charge in [-0.2, -0.15) is 0 Å². The Morgan fingerprint density at radius 2 is 2.40 bits per heavy atom. The van der Waals surface area contributed by atoms with Crippen molar-refractivity contribution in [2.24, 2.45) is 5.41 Å². The molecule has 2 fully saturated rings. The Hall–Kier alpha value is -0.220. The smallest absolute Gasteiger partial charge is 0.238 e. The molecule has 15 heavy (non-hydrogen) atoms. The fraction of sp³-hybridized carbons (Fsp3) is 0.909. The van der Waals surface area contributed by atoms with Crippen molar-refractivity contribution < 1.29 is 4.79 Å². The van der Waals surface area contributed by atoms with Crippen LogP contribution in [0.2, 0.25) is 0 Å². The van der Waals surface area contributed by atoms with Crippen molar-refractivity contribution in [2.75, 3.05) is 18.2 Å². The van der Waals surface area contributed by atoms with Crippen molar-refractivity contribution in [2.45, 2.75) is 38.6 Å². The van der Waals surface area contributed by atoms with E-state index in [0.29, 0.717) is 5.41 Å². The van der Waals surface area contributed by atoms with Crippen molar-refractivity contribution in [1.82, 2.24) is 10.6 Å². The maximum atomic E-state index is 11.8. The van der Waals surface area contributed by atoms with E-state index in [1.54, 1.807) is 11.8 Å². The van der Waals surface area contributed by atoms with Crippen LogP contribution in [-0.4, -0.2) is 30.1 Å². The number of carbonyl (C=O) groups is 1. The van der Waals surface area contributed by atoms with Crippen molar-refractivity contribution in [3.05, 3.63) is 0 Å². The molecule has 0 aromatic heterocycles. The molecule has 4 heteroatoms. The molecule has 1 saturated heterocycles. The third-order valence-corrected chi connectivity index (χ3v) is 4.77. The van der Waals surface area contributed by atoms with E-state index in [-0.39, 0.29) is 11.9 Å². The number of thioether (sulfide) groups is 1. The lowest BCUT2D eigenvalue weighted by Crippen LogP contribution is -2.48. The van der Waals surface area contributed by atoms with Crippen LogP contribution in [0.1, 0.15) is 32.6 Å². The fourth-order valence-corrected chi connectivity index (χ4v) is 3.24. The Bertz CT molecular complexity index is 229. The van der Waals surface area contributed by atoms with Gasteiger partial charge >= 0.3 is 0 Å². The van der Waals surface area contributed by atoms with Gasteiger partial charge in [0.2, 0.25) is 5.91 Å². The third kappa shape index (κ3) is 2.48. The number of carbonyl (C=O) groups excluding carboxylic acids is 1. The van der Waals surface area contributed by atoms with Crippen LogP contribution in [0.5, 0.6) is 0 Å². The van der Waals surface area contributed by atoms with Gasteiger partial charge in [0.15, 0.2) is 0 Å². The normalized spacial score (nSPS) is 28.5. The highest BCUT2D eigenvalue weighted by atomic mass is 32.2. The van der Waals surface area contributed by atoms with Gasteiger partial charge in [-0.25, -0.2) is 0 Å². The van der Waals surface area contributed by atoms with E-state index < -0.39 is 0 Å². The highest BCUT2D eigenvalue weighted by molar-refractivity contribution is 7.99. The molecule has 1 atom stereocenters. The van der Waals surface area contributed by atoms with Gasteiger partial charge in [-0.15, -0.1) is 11.8 Å². The molecule has 1 heterocycles. The molecule has 1 aliphatic heterocycles. The van der Waals surface area contributed by atoms with Crippen LogP contribution in [0.25, 0.3) is 0 Å². The molecule has 3 nitrogen and oxygen atoms in total. The summed E-state index contributed by atoms with van der Waals surface area (Å²) in [6, 6.07) is 0.0454. The predicted molar refractivity (Wildman–Crippen MR) is 63.8 cm³/mol. The Labute approximate surface area is 95.8 Å². The molecule has 1 unspecified atom stereocenters. The van der Waals surface area contributed by atoms with Crippen LogP contribution in [0.3, 0.4) is 0 Å². The van der Waals surface area contributed by atoms with Gasteiger partial charge in [0.25, 0.3) is 0 Å². The first-order valence-corrected chi connectivity index (χ1v) is 7.00. The first-order chi connectivity index (χ1) is 7.26. The molecular formula is C11H20N2OS. The summed E-state index contributed by atoms with van der Waals surface area (Å²) in [5, 5.41) is 6.30. The lowest BCUT2D eigenvalue weighted by atomic mass is 9.67. The van der Waals surface area contributed by atoms with E-state index in [0.717, 1.165) is 18.2 Å². The van der Waals surface area contributed by atoms with Gasteiger partial charge in [-0.3, -0.25) is 10.1 Å². The third-order valence-electron chi connectivity index (χ3n) is 3.83. The van der Waals surface area contributed by atoms with Crippen LogP contribution >= 0.6 is 11.8 Å². The number of nitrogens with one attached hydrogen (secondary N) is 2. The summed E-state index contributed by atoms with van der Waals surface area (Å²) in [6.07, 6.45) is 5.11. The minimum absolute atomic E-state index is 0.0454. The highest BCUT2D eigenvalue weighted by Gasteiger charge is 2.35. The van der Waals surface area contributed by atoms with Crippen molar-refractivity contribution in [3.8, 4) is 0 Å². The second kappa shape index (κ2) is 4.74. The zero-order valence-electron chi connectivity index (χ0n) is 9.34. The highest BCUT2D eigenvalue weighted by Crippen LogP contribution is 2.43. The second-order valence-electron chi connectivity index (χ2n) is 4.70. The molecule has 0 spiro atoms. The van der Waals surface area contributed by atoms with E-state index in [4.69, 9.17) is 0 Å². The summed E-state index contributed by atoms with van der Waals surface area (Å²) in [7, 11) is 0. The molecule has 2 N–H and O–H groups in total. The Kier molecular flexibility index (Phi) is 3.57. The molecule has 0 bridgehead atoms. The van der Waals surface area contributed by atoms with Gasteiger partial charge in [-0.05, 0) is 24.7 Å². The van der Waals surface area contributed by atoms with Gasteiger partial charge in [0.1, 0.15) is 0 Å². The van der Waals surface area contributed by atoms with Crippen LogP contribution in [0, 0.1) is 5.41 Å². The van der Waals surface area contributed by atoms with Crippen molar-refractivity contribution in [1.29, 1.82) is 0 Å². The number of amides is 1. The lowest BCUT2D eigenvalue weighted by molar-refractivity contribution is -0.123. The lowest BCUT2D eigenvalue weighted by Gasteiger charge is -2.41. The summed E-state index contributed by atoms with van der Waals surface area (Å²) in [6.45, 7) is 3.11. The minimum Gasteiger partial charge on any atom is -0.354 e. The first kappa shape index (κ1) is 11.3. The van der Waals surface area contributed by atoms with Crippen LogP contribution in [0.15, 0.2) is 0 Å². The number of rotatable bonds is 4. The largest absolute Gasteiger partial charge is 0.354 e. The molecule has 0 radical (unpaired) electrons. The molecule has 0 aromatic rings. The molecule has 1 saturated carbocycles. The molecule has 0 aromatic carbocycles. The number of hydrogen-bond donors (Lipinski definition) is 2. The second-order valence-corrected chi connectivity index (χ2v) is 5.73. The van der Waals surface area contributed by atoms with Crippen LogP contribution in [-0.2, 0) is 4.79 Å². The summed E-state index contributed by atoms with van der Waals surface area (Å²) >= 11 is 1.80. The maximum Gasteiger partial charge on any atom is 0.238 e.